The van der Waals surface area contributed by atoms with Crippen LogP contribution in [0.3, 0.4) is 0 Å². The van der Waals surface area contributed by atoms with E-state index in [9.17, 15) is 0 Å². The Labute approximate surface area is 158 Å². The highest BCUT2D eigenvalue weighted by Crippen LogP contribution is 2.45. The molecule has 0 spiro atoms. The van der Waals surface area contributed by atoms with Crippen LogP contribution in [0, 0.1) is 18.3 Å². The molecule has 134 valence electrons. The van der Waals surface area contributed by atoms with Gasteiger partial charge in [-0.1, -0.05) is 55.5 Å². The van der Waals surface area contributed by atoms with Gasteiger partial charge in [-0.25, -0.2) is 0 Å². The fourth-order valence-corrected chi connectivity index (χ4v) is 4.73. The largest absolute Gasteiger partial charge is 0.303 e. The van der Waals surface area contributed by atoms with Gasteiger partial charge in [0.15, 0.2) is 0 Å². The van der Waals surface area contributed by atoms with E-state index >= 15 is 0 Å². The maximum atomic E-state index is 5.60. The summed E-state index contributed by atoms with van der Waals surface area (Å²) in [6.07, 6.45) is 12.4. The van der Waals surface area contributed by atoms with Crippen molar-refractivity contribution in [2.24, 2.45) is 5.92 Å². The first-order chi connectivity index (χ1) is 12.8. The van der Waals surface area contributed by atoms with Crippen molar-refractivity contribution in [3.8, 4) is 12.3 Å². The van der Waals surface area contributed by atoms with E-state index in [0.717, 1.165) is 38.1 Å². The molecular formula is C25H29N. The maximum Gasteiger partial charge on any atom is 0.0693 e. The quantitative estimate of drug-likeness (QED) is 0.693. The number of terminal acetylenes is 1. The van der Waals surface area contributed by atoms with Gasteiger partial charge in [0, 0.05) is 6.42 Å². The van der Waals surface area contributed by atoms with Crippen LogP contribution < -0.4 is 5.32 Å². The van der Waals surface area contributed by atoms with Crippen molar-refractivity contribution < 1.29 is 0 Å². The van der Waals surface area contributed by atoms with Gasteiger partial charge in [0.1, 0.15) is 0 Å². The number of fused-ring (bicyclic) bond motifs is 2. The van der Waals surface area contributed by atoms with E-state index in [1.54, 1.807) is 0 Å². The summed E-state index contributed by atoms with van der Waals surface area (Å²) in [6.45, 7) is 3.45. The summed E-state index contributed by atoms with van der Waals surface area (Å²) in [7, 11) is 0. The topological polar surface area (TPSA) is 12.0 Å². The van der Waals surface area contributed by atoms with E-state index in [2.05, 4.69) is 66.7 Å². The third-order valence-corrected chi connectivity index (χ3v) is 6.36. The van der Waals surface area contributed by atoms with Crippen molar-refractivity contribution in [1.82, 2.24) is 5.32 Å². The third-order valence-electron chi connectivity index (χ3n) is 6.36. The average molecular weight is 344 g/mol. The minimum atomic E-state index is -0.0827. The minimum absolute atomic E-state index is 0.0827. The number of rotatable bonds is 6. The van der Waals surface area contributed by atoms with Crippen LogP contribution in [0.1, 0.15) is 67.2 Å². The Morgan fingerprint density at radius 3 is 2.54 bits per heavy atom. The lowest BCUT2D eigenvalue weighted by Gasteiger charge is -2.37. The Hall–Kier alpha value is -2.04. The summed E-state index contributed by atoms with van der Waals surface area (Å²) >= 11 is 0. The molecule has 1 saturated carbocycles. The monoisotopic (exact) mass is 343 g/mol. The van der Waals surface area contributed by atoms with E-state index in [1.807, 2.05) is 0 Å². The van der Waals surface area contributed by atoms with Gasteiger partial charge in [-0.3, -0.25) is 0 Å². The predicted molar refractivity (Wildman–Crippen MR) is 109 cm³/mol. The number of nitrogens with one attached hydrogen (secondary N) is 1. The highest BCUT2D eigenvalue weighted by atomic mass is 15.0. The Bertz CT molecular complexity index is 811. The summed E-state index contributed by atoms with van der Waals surface area (Å²) in [5.74, 6) is 4.22. The molecule has 1 N–H and O–H groups in total. The van der Waals surface area contributed by atoms with Crippen LogP contribution in [0.4, 0.5) is 0 Å². The van der Waals surface area contributed by atoms with Crippen LogP contribution in [0.25, 0.3) is 0 Å². The molecule has 0 aromatic heterocycles. The normalized spacial score (nSPS) is 24.2. The van der Waals surface area contributed by atoms with Crippen molar-refractivity contribution in [2.75, 3.05) is 6.54 Å². The van der Waals surface area contributed by atoms with E-state index in [-0.39, 0.29) is 5.54 Å². The van der Waals surface area contributed by atoms with Crippen LogP contribution in [0.15, 0.2) is 48.5 Å². The molecule has 0 bridgehead atoms. The molecule has 2 aromatic rings. The number of benzene rings is 2. The van der Waals surface area contributed by atoms with Gasteiger partial charge in [-0.05, 0) is 72.7 Å². The summed E-state index contributed by atoms with van der Waals surface area (Å²) in [5, 5.41) is 4.04. The maximum absolute atomic E-state index is 5.60. The first kappa shape index (κ1) is 17.4. The Kier molecular flexibility index (Phi) is 4.88. The van der Waals surface area contributed by atoms with Crippen molar-refractivity contribution in [3.63, 3.8) is 0 Å². The van der Waals surface area contributed by atoms with Gasteiger partial charge >= 0.3 is 0 Å². The standard InChI is InChI=1S/C25H29N/c1-3-5-10-20-17-21-11-6-8-13-23(21)25(4-2,26-18-19-15-16-19)24-14-9-7-12-22(20)24/h1,6-9,11-14,19-20,26H,4-5,10,15-18H2,2H3/t20-,25+/m1/s1. The fourth-order valence-electron chi connectivity index (χ4n) is 4.73. The van der Waals surface area contributed by atoms with Crippen LogP contribution >= 0.6 is 0 Å². The molecule has 26 heavy (non-hydrogen) atoms. The molecule has 0 unspecified atom stereocenters. The van der Waals surface area contributed by atoms with Gasteiger partial charge in [0.05, 0.1) is 5.54 Å². The molecule has 0 amide bonds. The molecule has 2 aromatic carbocycles. The van der Waals surface area contributed by atoms with Crippen molar-refractivity contribution >= 4 is 0 Å². The molecular weight excluding hydrogens is 314 g/mol. The van der Waals surface area contributed by atoms with Crippen molar-refractivity contribution in [1.29, 1.82) is 0 Å². The Morgan fingerprint density at radius 2 is 1.81 bits per heavy atom. The van der Waals surface area contributed by atoms with Gasteiger partial charge in [0.2, 0.25) is 0 Å². The minimum Gasteiger partial charge on any atom is -0.303 e. The molecule has 2 aliphatic rings. The first-order valence-corrected chi connectivity index (χ1v) is 10.1. The Balaban J connectivity index is 1.87. The molecule has 1 fully saturated rings. The third kappa shape index (κ3) is 3.08. The summed E-state index contributed by atoms with van der Waals surface area (Å²) in [6, 6.07) is 18.1. The van der Waals surface area contributed by atoms with Crippen LogP contribution in [-0.4, -0.2) is 6.54 Å². The van der Waals surface area contributed by atoms with E-state index in [1.165, 1.54) is 35.1 Å². The molecule has 0 saturated heterocycles. The van der Waals surface area contributed by atoms with E-state index < -0.39 is 0 Å². The highest BCUT2D eigenvalue weighted by Gasteiger charge is 2.40. The SMILES string of the molecule is C#CCC[C@@H]1Cc2ccccc2[C@](CC)(NCC2CC2)c2ccccc21. The van der Waals surface area contributed by atoms with Gasteiger partial charge in [0.25, 0.3) is 0 Å². The summed E-state index contributed by atoms with van der Waals surface area (Å²) < 4.78 is 0. The van der Waals surface area contributed by atoms with Crippen LogP contribution in [0.5, 0.6) is 0 Å². The second kappa shape index (κ2) is 7.29. The Morgan fingerprint density at radius 1 is 1.08 bits per heavy atom. The lowest BCUT2D eigenvalue weighted by Crippen LogP contribution is -2.44. The number of hydrogen-bond acceptors (Lipinski definition) is 1. The lowest BCUT2D eigenvalue weighted by molar-refractivity contribution is 0.377. The summed E-state index contributed by atoms with van der Waals surface area (Å²) in [4.78, 5) is 0. The molecule has 0 aliphatic heterocycles. The zero-order valence-corrected chi connectivity index (χ0v) is 15.8. The predicted octanol–water partition coefficient (Wildman–Crippen LogP) is 5.39. The fraction of sp³-hybridized carbons (Fsp3) is 0.440. The number of hydrogen-bond donors (Lipinski definition) is 1. The van der Waals surface area contributed by atoms with Crippen molar-refractivity contribution in [3.05, 3.63) is 70.8 Å². The highest BCUT2D eigenvalue weighted by molar-refractivity contribution is 5.50. The molecule has 1 heteroatoms. The molecule has 2 aliphatic carbocycles. The van der Waals surface area contributed by atoms with Gasteiger partial charge in [-0.2, -0.15) is 0 Å². The smallest absolute Gasteiger partial charge is 0.0693 e. The van der Waals surface area contributed by atoms with Crippen molar-refractivity contribution in [2.45, 2.75) is 56.9 Å². The zero-order chi connectivity index (χ0) is 18.0. The van der Waals surface area contributed by atoms with Gasteiger partial charge in [-0.15, -0.1) is 12.3 Å². The van der Waals surface area contributed by atoms with Crippen LogP contribution in [-0.2, 0) is 12.0 Å². The zero-order valence-electron chi connectivity index (χ0n) is 15.8. The van der Waals surface area contributed by atoms with Gasteiger partial charge < -0.3 is 5.32 Å². The molecule has 0 heterocycles. The molecule has 0 radical (unpaired) electrons. The molecule has 2 atom stereocenters. The second-order valence-corrected chi connectivity index (χ2v) is 7.97. The molecule has 1 nitrogen and oxygen atoms in total. The average Bonchev–Trinajstić information content (AvgIpc) is 3.52. The second-order valence-electron chi connectivity index (χ2n) is 7.97. The lowest BCUT2D eigenvalue weighted by atomic mass is 9.77. The summed E-state index contributed by atoms with van der Waals surface area (Å²) in [5.41, 5.74) is 5.83. The van der Waals surface area contributed by atoms with Crippen LogP contribution in [0.2, 0.25) is 0 Å². The first-order valence-electron chi connectivity index (χ1n) is 10.1. The van der Waals surface area contributed by atoms with E-state index in [4.69, 9.17) is 6.42 Å². The van der Waals surface area contributed by atoms with E-state index in [0.29, 0.717) is 5.92 Å². The molecule has 4 rings (SSSR count).